The smallest absolute Gasteiger partial charge is 0.310 e. The second-order valence-electron chi connectivity index (χ2n) is 5.96. The quantitative estimate of drug-likeness (QED) is 0.893. The number of hydrogen-bond donors (Lipinski definition) is 2. The molecular formula is C15H21NO4S. The monoisotopic (exact) mass is 311 g/mol. The zero-order valence-electron chi connectivity index (χ0n) is 12.3. The van der Waals surface area contributed by atoms with Crippen molar-refractivity contribution in [3.05, 3.63) is 29.8 Å². The Morgan fingerprint density at radius 3 is 2.71 bits per heavy atom. The number of aryl methyl sites for hydroxylation is 1. The lowest BCUT2D eigenvalue weighted by Gasteiger charge is -2.38. The fourth-order valence-electron chi connectivity index (χ4n) is 2.82. The lowest BCUT2D eigenvalue weighted by Crippen LogP contribution is -2.52. The van der Waals surface area contributed by atoms with Crippen LogP contribution in [0, 0.1) is 12.3 Å². The van der Waals surface area contributed by atoms with Crippen molar-refractivity contribution in [2.45, 2.75) is 50.5 Å². The van der Waals surface area contributed by atoms with Crippen molar-refractivity contribution < 1.29 is 18.3 Å². The Morgan fingerprint density at radius 2 is 2.10 bits per heavy atom. The normalized spacial score (nSPS) is 26.5. The maximum Gasteiger partial charge on any atom is 0.310 e. The summed E-state index contributed by atoms with van der Waals surface area (Å²) >= 11 is 0. The minimum absolute atomic E-state index is 0.181. The van der Waals surface area contributed by atoms with E-state index in [1.807, 2.05) is 13.0 Å². The third-order valence-corrected chi connectivity index (χ3v) is 5.76. The maximum absolute atomic E-state index is 12.5. The van der Waals surface area contributed by atoms with Crippen LogP contribution in [0.3, 0.4) is 0 Å². The zero-order chi connectivity index (χ0) is 15.7. The van der Waals surface area contributed by atoms with E-state index in [0.29, 0.717) is 12.8 Å². The SMILES string of the molecule is Cc1cccc(S(=O)(=O)NC2CCCCC2(C)C(=O)O)c1. The lowest BCUT2D eigenvalue weighted by molar-refractivity contribution is -0.151. The molecule has 0 bridgehead atoms. The first-order valence-electron chi connectivity index (χ1n) is 7.08. The molecule has 2 atom stereocenters. The molecule has 0 aromatic heterocycles. The predicted octanol–water partition coefficient (Wildman–Crippen LogP) is 2.31. The number of aliphatic carboxylic acids is 1. The summed E-state index contributed by atoms with van der Waals surface area (Å²) in [5.41, 5.74) is -0.197. The third-order valence-electron chi connectivity index (χ3n) is 4.29. The lowest BCUT2D eigenvalue weighted by atomic mass is 9.72. The van der Waals surface area contributed by atoms with Crippen LogP contribution in [0.5, 0.6) is 0 Å². The van der Waals surface area contributed by atoms with Gasteiger partial charge in [-0.2, -0.15) is 0 Å². The minimum atomic E-state index is -3.70. The van der Waals surface area contributed by atoms with Crippen molar-refractivity contribution in [1.29, 1.82) is 0 Å². The highest BCUT2D eigenvalue weighted by Gasteiger charge is 2.44. The maximum atomic E-state index is 12.5. The summed E-state index contributed by atoms with van der Waals surface area (Å²) < 4.78 is 27.5. The first kappa shape index (κ1) is 16.0. The summed E-state index contributed by atoms with van der Waals surface area (Å²) in [5.74, 6) is -0.945. The molecule has 2 unspecified atom stereocenters. The topological polar surface area (TPSA) is 83.5 Å². The molecule has 5 nitrogen and oxygen atoms in total. The first-order valence-corrected chi connectivity index (χ1v) is 8.56. The Morgan fingerprint density at radius 1 is 1.38 bits per heavy atom. The molecule has 1 aliphatic carbocycles. The molecule has 1 aromatic carbocycles. The van der Waals surface area contributed by atoms with E-state index < -0.39 is 27.4 Å². The van der Waals surface area contributed by atoms with Crippen LogP contribution in [0.4, 0.5) is 0 Å². The molecule has 0 spiro atoms. The molecule has 0 aliphatic heterocycles. The van der Waals surface area contributed by atoms with E-state index in [2.05, 4.69) is 4.72 Å². The number of hydrogen-bond acceptors (Lipinski definition) is 3. The summed E-state index contributed by atoms with van der Waals surface area (Å²) in [7, 11) is -3.70. The molecule has 0 amide bonds. The van der Waals surface area contributed by atoms with Crippen molar-refractivity contribution in [2.24, 2.45) is 5.41 Å². The van der Waals surface area contributed by atoms with E-state index in [1.165, 1.54) is 6.07 Å². The second kappa shape index (κ2) is 5.77. The number of carboxylic acid groups (broad SMARTS) is 1. The van der Waals surface area contributed by atoms with Gasteiger partial charge in [0.1, 0.15) is 0 Å². The predicted molar refractivity (Wildman–Crippen MR) is 79.5 cm³/mol. The summed E-state index contributed by atoms with van der Waals surface area (Å²) in [4.78, 5) is 11.7. The van der Waals surface area contributed by atoms with E-state index in [9.17, 15) is 18.3 Å². The highest BCUT2D eigenvalue weighted by atomic mass is 32.2. The summed E-state index contributed by atoms with van der Waals surface area (Å²) in [6.45, 7) is 3.44. The zero-order valence-corrected chi connectivity index (χ0v) is 13.1. The number of carbonyl (C=O) groups is 1. The average molecular weight is 311 g/mol. The Bertz CT molecular complexity index is 641. The van der Waals surface area contributed by atoms with Gasteiger partial charge < -0.3 is 5.11 Å². The first-order chi connectivity index (χ1) is 9.75. The second-order valence-corrected chi connectivity index (χ2v) is 7.67. The standard InChI is InChI=1S/C15H21NO4S/c1-11-6-5-7-12(10-11)21(19,20)16-13-8-3-4-9-15(13,2)14(17)18/h5-7,10,13,16H,3-4,8-9H2,1-2H3,(H,17,18). The van der Waals surface area contributed by atoms with Crippen LogP contribution in [0.15, 0.2) is 29.2 Å². The molecule has 21 heavy (non-hydrogen) atoms. The van der Waals surface area contributed by atoms with Crippen LogP contribution in [0.2, 0.25) is 0 Å². The van der Waals surface area contributed by atoms with E-state index in [4.69, 9.17) is 0 Å². The van der Waals surface area contributed by atoms with E-state index in [0.717, 1.165) is 18.4 Å². The molecule has 1 aliphatic rings. The van der Waals surface area contributed by atoms with Gasteiger partial charge >= 0.3 is 5.97 Å². The van der Waals surface area contributed by atoms with Crippen LogP contribution in [-0.4, -0.2) is 25.5 Å². The molecule has 2 N–H and O–H groups in total. The van der Waals surface area contributed by atoms with Crippen LogP contribution in [-0.2, 0) is 14.8 Å². The van der Waals surface area contributed by atoms with Gasteiger partial charge in [0.15, 0.2) is 0 Å². The highest BCUT2D eigenvalue weighted by molar-refractivity contribution is 7.89. The van der Waals surface area contributed by atoms with Gasteiger partial charge in [0.25, 0.3) is 0 Å². The highest BCUT2D eigenvalue weighted by Crippen LogP contribution is 2.37. The number of benzene rings is 1. The molecule has 116 valence electrons. The van der Waals surface area contributed by atoms with Gasteiger partial charge in [0.05, 0.1) is 10.3 Å². The van der Waals surface area contributed by atoms with Crippen LogP contribution >= 0.6 is 0 Å². The van der Waals surface area contributed by atoms with Crippen molar-refractivity contribution >= 4 is 16.0 Å². The molecule has 0 saturated heterocycles. The van der Waals surface area contributed by atoms with E-state index >= 15 is 0 Å². The number of rotatable bonds is 4. The molecule has 1 saturated carbocycles. The fraction of sp³-hybridized carbons (Fsp3) is 0.533. The van der Waals surface area contributed by atoms with Crippen LogP contribution < -0.4 is 4.72 Å². The van der Waals surface area contributed by atoms with Gasteiger partial charge in [-0.05, 0) is 44.4 Å². The Labute approximate surface area is 125 Å². The van der Waals surface area contributed by atoms with Gasteiger partial charge in [-0.3, -0.25) is 4.79 Å². The Balaban J connectivity index is 2.28. The molecule has 0 radical (unpaired) electrons. The molecule has 2 rings (SSSR count). The van der Waals surface area contributed by atoms with Gasteiger partial charge in [-0.15, -0.1) is 0 Å². The molecule has 6 heteroatoms. The molecule has 0 heterocycles. The summed E-state index contributed by atoms with van der Waals surface area (Å²) in [6.07, 6.45) is 2.69. The van der Waals surface area contributed by atoms with Gasteiger partial charge in [0.2, 0.25) is 10.0 Å². The molecule has 1 fully saturated rings. The minimum Gasteiger partial charge on any atom is -0.481 e. The molecule has 1 aromatic rings. The van der Waals surface area contributed by atoms with Crippen molar-refractivity contribution in [2.75, 3.05) is 0 Å². The van der Waals surface area contributed by atoms with Crippen molar-refractivity contribution in [3.63, 3.8) is 0 Å². The molecular weight excluding hydrogens is 290 g/mol. The van der Waals surface area contributed by atoms with E-state index in [1.54, 1.807) is 19.1 Å². The summed E-state index contributed by atoms with van der Waals surface area (Å²) in [5, 5.41) is 9.44. The van der Waals surface area contributed by atoms with Crippen molar-refractivity contribution in [3.8, 4) is 0 Å². The number of sulfonamides is 1. The Kier molecular flexibility index (Phi) is 4.39. The van der Waals surface area contributed by atoms with E-state index in [-0.39, 0.29) is 4.90 Å². The number of nitrogens with one attached hydrogen (secondary N) is 1. The Hall–Kier alpha value is -1.40. The van der Waals surface area contributed by atoms with Gasteiger partial charge in [0, 0.05) is 6.04 Å². The average Bonchev–Trinajstić information content (AvgIpc) is 2.41. The number of carboxylic acids is 1. The van der Waals surface area contributed by atoms with Gasteiger partial charge in [-0.1, -0.05) is 25.0 Å². The summed E-state index contributed by atoms with van der Waals surface area (Å²) in [6, 6.07) is 6.04. The fourth-order valence-corrected chi connectivity index (χ4v) is 4.30. The van der Waals surface area contributed by atoms with Crippen LogP contribution in [0.25, 0.3) is 0 Å². The van der Waals surface area contributed by atoms with Crippen molar-refractivity contribution in [1.82, 2.24) is 4.72 Å². The van der Waals surface area contributed by atoms with Gasteiger partial charge in [-0.25, -0.2) is 13.1 Å². The largest absolute Gasteiger partial charge is 0.481 e. The van der Waals surface area contributed by atoms with Crippen LogP contribution in [0.1, 0.15) is 38.2 Å². The third kappa shape index (κ3) is 3.27.